The number of aromatic amines is 1. The number of aryl methyl sites for hydroxylation is 1. The van der Waals surface area contributed by atoms with Crippen molar-refractivity contribution in [2.24, 2.45) is 0 Å². The molecular formula is C33H38N6O5. The summed E-state index contributed by atoms with van der Waals surface area (Å²) >= 11 is 0. The maximum atomic E-state index is 12.9. The molecule has 6 rings (SSSR count). The van der Waals surface area contributed by atoms with Gasteiger partial charge in [-0.25, -0.2) is 4.98 Å². The fourth-order valence-corrected chi connectivity index (χ4v) is 5.64. The van der Waals surface area contributed by atoms with Crippen LogP contribution >= 0.6 is 0 Å². The van der Waals surface area contributed by atoms with Crippen LogP contribution in [0.2, 0.25) is 0 Å². The third kappa shape index (κ3) is 6.78. The van der Waals surface area contributed by atoms with Crippen molar-refractivity contribution < 1.29 is 23.4 Å². The molecule has 1 amide bonds. The number of carbonyl (C=O) groups is 1. The van der Waals surface area contributed by atoms with Crippen LogP contribution in [0, 0.1) is 6.92 Å². The monoisotopic (exact) mass is 598 g/mol. The van der Waals surface area contributed by atoms with Gasteiger partial charge in [-0.1, -0.05) is 24.8 Å². The number of ether oxygens (including phenoxy) is 3. The molecule has 1 saturated heterocycles. The summed E-state index contributed by atoms with van der Waals surface area (Å²) in [5, 5.41) is 7.02. The molecule has 0 spiro atoms. The number of nitrogens with zero attached hydrogens (tertiary/aromatic N) is 3. The summed E-state index contributed by atoms with van der Waals surface area (Å²) in [6.07, 6.45) is 13.5. The smallest absolute Gasteiger partial charge is 0.251 e. The van der Waals surface area contributed by atoms with Crippen molar-refractivity contribution in [1.82, 2.24) is 25.3 Å². The number of hydrogen-bond donors (Lipinski definition) is 3. The first-order valence-corrected chi connectivity index (χ1v) is 15.1. The van der Waals surface area contributed by atoms with Crippen LogP contribution in [-0.4, -0.2) is 64.9 Å². The van der Waals surface area contributed by atoms with Gasteiger partial charge in [0.25, 0.3) is 5.91 Å². The van der Waals surface area contributed by atoms with Crippen LogP contribution in [0.3, 0.4) is 0 Å². The normalized spacial score (nSPS) is 17.6. The van der Waals surface area contributed by atoms with Crippen LogP contribution in [0.1, 0.15) is 44.4 Å². The number of allylic oxidation sites excluding steroid dienone is 1. The molecule has 4 aromatic rings. The number of H-pyrrole nitrogens is 1. The van der Waals surface area contributed by atoms with E-state index < -0.39 is 0 Å². The van der Waals surface area contributed by atoms with Crippen molar-refractivity contribution in [3.8, 4) is 17.0 Å². The maximum Gasteiger partial charge on any atom is 0.251 e. The van der Waals surface area contributed by atoms with Gasteiger partial charge in [0.1, 0.15) is 23.0 Å². The molecule has 2 fully saturated rings. The van der Waals surface area contributed by atoms with Crippen molar-refractivity contribution in [3.63, 3.8) is 0 Å². The minimum absolute atomic E-state index is 0.0481. The molecule has 4 heterocycles. The number of aromatic nitrogens is 4. The summed E-state index contributed by atoms with van der Waals surface area (Å²) in [7, 11) is 1.52. The molecule has 3 aromatic heterocycles. The lowest BCUT2D eigenvalue weighted by Crippen LogP contribution is -2.32. The molecule has 1 aliphatic heterocycles. The highest BCUT2D eigenvalue weighted by Crippen LogP contribution is 2.37. The van der Waals surface area contributed by atoms with E-state index in [0.717, 1.165) is 72.7 Å². The largest absolute Gasteiger partial charge is 0.497 e. The fraction of sp³-hybridized carbons (Fsp3) is 0.394. The van der Waals surface area contributed by atoms with Gasteiger partial charge in [0.15, 0.2) is 11.5 Å². The van der Waals surface area contributed by atoms with Crippen LogP contribution < -0.4 is 15.4 Å². The van der Waals surface area contributed by atoms with E-state index >= 15 is 0 Å². The number of fused-ring (bicyclic) bond motifs is 2. The summed E-state index contributed by atoms with van der Waals surface area (Å²) in [5.41, 5.74) is 4.51. The number of hydrogen-bond acceptors (Lipinski definition) is 9. The zero-order valence-electron chi connectivity index (χ0n) is 25.2. The quantitative estimate of drug-likeness (QED) is 0.106. The Bertz CT molecular complexity index is 1710. The number of nitrogens with one attached hydrogen (secondary N) is 3. The fourth-order valence-electron chi connectivity index (χ4n) is 5.64. The lowest BCUT2D eigenvalue weighted by atomic mass is 10.1. The second-order valence-corrected chi connectivity index (χ2v) is 11.1. The van der Waals surface area contributed by atoms with Gasteiger partial charge in [0, 0.05) is 44.0 Å². The zero-order valence-corrected chi connectivity index (χ0v) is 25.2. The van der Waals surface area contributed by atoms with Gasteiger partial charge in [0.05, 0.1) is 18.6 Å². The first kappa shape index (κ1) is 29.4. The number of amides is 1. The summed E-state index contributed by atoms with van der Waals surface area (Å²) in [6, 6.07) is 5.95. The third-order valence-corrected chi connectivity index (χ3v) is 7.92. The summed E-state index contributed by atoms with van der Waals surface area (Å²) in [5.74, 6) is 1.73. The Morgan fingerprint density at radius 1 is 1.18 bits per heavy atom. The molecule has 3 N–H and O–H groups in total. The van der Waals surface area contributed by atoms with Crippen molar-refractivity contribution in [2.45, 2.75) is 57.7 Å². The van der Waals surface area contributed by atoms with Gasteiger partial charge in [-0.3, -0.25) is 4.79 Å². The van der Waals surface area contributed by atoms with Crippen molar-refractivity contribution in [3.05, 3.63) is 66.4 Å². The molecule has 0 radical (unpaired) electrons. The Kier molecular flexibility index (Phi) is 8.92. The molecule has 0 bridgehead atoms. The summed E-state index contributed by atoms with van der Waals surface area (Å²) < 4.78 is 23.1. The van der Waals surface area contributed by atoms with Crippen molar-refractivity contribution in [2.75, 3.05) is 32.1 Å². The Morgan fingerprint density at radius 3 is 2.84 bits per heavy atom. The second kappa shape index (κ2) is 13.3. The van der Waals surface area contributed by atoms with Gasteiger partial charge in [-0.2, -0.15) is 9.97 Å². The van der Waals surface area contributed by atoms with Gasteiger partial charge in [-0.05, 0) is 62.3 Å². The predicted octanol–water partition coefficient (Wildman–Crippen LogP) is 5.75. The molecule has 11 heteroatoms. The van der Waals surface area contributed by atoms with Crippen LogP contribution in [0.25, 0.3) is 33.3 Å². The van der Waals surface area contributed by atoms with Crippen molar-refractivity contribution in [1.29, 1.82) is 0 Å². The lowest BCUT2D eigenvalue weighted by molar-refractivity contribution is -0.117. The molecule has 1 atom stereocenters. The zero-order chi connectivity index (χ0) is 30.5. The highest BCUT2D eigenvalue weighted by atomic mass is 16.5. The van der Waals surface area contributed by atoms with E-state index in [2.05, 4.69) is 27.2 Å². The Balaban J connectivity index is 1.21. The van der Waals surface area contributed by atoms with Crippen LogP contribution in [0.15, 0.2) is 65.0 Å². The number of methoxy groups -OCH3 is 1. The van der Waals surface area contributed by atoms with E-state index in [9.17, 15) is 4.79 Å². The topological polar surface area (TPSA) is 136 Å². The van der Waals surface area contributed by atoms with Gasteiger partial charge >= 0.3 is 0 Å². The Morgan fingerprint density at radius 2 is 2.05 bits per heavy atom. The average molecular weight is 599 g/mol. The highest BCUT2D eigenvalue weighted by Gasteiger charge is 2.23. The average Bonchev–Trinajstić information content (AvgIpc) is 3.84. The minimum atomic E-state index is -0.225. The van der Waals surface area contributed by atoms with Crippen LogP contribution in [-0.2, 0) is 14.3 Å². The predicted molar refractivity (Wildman–Crippen MR) is 168 cm³/mol. The number of carbonyl (C=O) groups excluding carboxylic acids is 1. The van der Waals surface area contributed by atoms with E-state index in [-0.39, 0.29) is 18.1 Å². The molecule has 2 aliphatic rings. The molecule has 1 saturated carbocycles. The molecule has 1 aliphatic carbocycles. The number of rotatable bonds is 12. The third-order valence-electron chi connectivity index (χ3n) is 7.92. The number of anilines is 1. The molecular weight excluding hydrogens is 560 g/mol. The Hall–Kier alpha value is -4.64. The number of oxazole rings is 1. The first-order chi connectivity index (χ1) is 21.5. The standard InChI is InChI=1S/C33H38N6O5/c1-20(41-3)16-23(31(40)36-18-25-11-7-15-42-25)8-6-14-34-33-38-30-29(32(39-33)44-24-9-4-5-10-24)26(19-35-30)22-12-13-27-28(17-22)43-21(2)37-27/h6,8,12-13,16-17,19,24-25H,1,4-5,7,9-11,14-15,18H2,2-3H3,(H,36,40)(H2,34,35,38,39)/b8-6-,23-16+/t25-/m1/s1. The molecule has 230 valence electrons. The molecule has 11 nitrogen and oxygen atoms in total. The Labute approximate surface area is 255 Å². The van der Waals surface area contributed by atoms with E-state index in [1.807, 2.05) is 37.4 Å². The van der Waals surface area contributed by atoms with Crippen LogP contribution in [0.5, 0.6) is 5.88 Å². The van der Waals surface area contributed by atoms with Gasteiger partial charge in [-0.15, -0.1) is 0 Å². The molecule has 1 aromatic carbocycles. The first-order valence-electron chi connectivity index (χ1n) is 15.1. The number of benzene rings is 1. The lowest BCUT2D eigenvalue weighted by Gasteiger charge is -2.15. The van der Waals surface area contributed by atoms with Crippen molar-refractivity contribution >= 4 is 34.0 Å². The SMILES string of the molecule is C=C(/C=C(\C=C/CNc1nc(OC2CCCC2)c2c(-c3ccc4nc(C)oc4c3)c[nH]c2n1)C(=O)NC[C@H]1CCCO1)OC. The van der Waals surface area contributed by atoms with E-state index in [1.165, 1.54) is 7.11 Å². The van der Waals surface area contributed by atoms with E-state index in [1.54, 1.807) is 12.2 Å². The summed E-state index contributed by atoms with van der Waals surface area (Å²) in [4.78, 5) is 30.2. The minimum Gasteiger partial charge on any atom is -0.497 e. The maximum absolute atomic E-state index is 12.9. The second-order valence-electron chi connectivity index (χ2n) is 11.1. The van der Waals surface area contributed by atoms with Gasteiger partial charge in [0.2, 0.25) is 11.8 Å². The molecule has 44 heavy (non-hydrogen) atoms. The van der Waals surface area contributed by atoms with Gasteiger partial charge < -0.3 is 34.2 Å². The molecule has 0 unspecified atom stereocenters. The van der Waals surface area contributed by atoms with E-state index in [0.29, 0.717) is 47.8 Å². The summed E-state index contributed by atoms with van der Waals surface area (Å²) in [6.45, 7) is 7.24. The van der Waals surface area contributed by atoms with Crippen LogP contribution in [0.4, 0.5) is 5.95 Å². The van der Waals surface area contributed by atoms with E-state index in [4.69, 9.17) is 28.6 Å². The highest BCUT2D eigenvalue weighted by molar-refractivity contribution is 5.99.